The van der Waals surface area contributed by atoms with Crippen molar-refractivity contribution in [1.29, 1.82) is 5.26 Å². The maximum atomic E-state index is 12.8. The van der Waals surface area contributed by atoms with E-state index in [2.05, 4.69) is 17.1 Å². The summed E-state index contributed by atoms with van der Waals surface area (Å²) in [6, 6.07) is 15.6. The van der Waals surface area contributed by atoms with Gasteiger partial charge in [-0.15, -0.1) is 0 Å². The molecule has 0 saturated heterocycles. The summed E-state index contributed by atoms with van der Waals surface area (Å²) in [6.07, 6.45) is 2.56. The second kappa shape index (κ2) is 4.32. The fourth-order valence-electron chi connectivity index (χ4n) is 3.07. The lowest BCUT2D eigenvalue weighted by Crippen LogP contribution is -2.25. The van der Waals surface area contributed by atoms with Crippen molar-refractivity contribution in [1.82, 2.24) is 4.98 Å². The molecule has 0 bridgehead atoms. The minimum atomic E-state index is -0.0501. The average Bonchev–Trinajstić information content (AvgIpc) is 2.91. The fourth-order valence-corrected chi connectivity index (χ4v) is 3.07. The van der Waals surface area contributed by atoms with Gasteiger partial charge in [0.2, 0.25) is 0 Å². The number of carbonyl (C=O) groups excluding carboxylic acids is 1. The van der Waals surface area contributed by atoms with Crippen LogP contribution in [0.15, 0.2) is 48.7 Å². The van der Waals surface area contributed by atoms with Crippen LogP contribution < -0.4 is 0 Å². The Morgan fingerprint density at radius 1 is 1.24 bits per heavy atom. The quantitative estimate of drug-likeness (QED) is 0.725. The molecule has 21 heavy (non-hydrogen) atoms. The molecule has 1 aliphatic rings. The first-order valence-electron chi connectivity index (χ1n) is 6.91. The minimum absolute atomic E-state index is 0.0501. The van der Waals surface area contributed by atoms with Crippen LogP contribution in [-0.2, 0) is 6.42 Å². The van der Waals surface area contributed by atoms with Gasteiger partial charge in [-0.25, -0.2) is 0 Å². The van der Waals surface area contributed by atoms with Crippen LogP contribution in [-0.4, -0.2) is 10.8 Å². The summed E-state index contributed by atoms with van der Waals surface area (Å²) in [7, 11) is 0. The van der Waals surface area contributed by atoms with Gasteiger partial charge in [0.1, 0.15) is 0 Å². The highest BCUT2D eigenvalue weighted by Gasteiger charge is 2.33. The van der Waals surface area contributed by atoms with Crippen LogP contribution in [0.4, 0.5) is 0 Å². The number of hydrogen-bond acceptors (Lipinski definition) is 2. The lowest BCUT2D eigenvalue weighted by molar-refractivity contribution is 0.0950. The molecule has 1 aromatic heterocycles. The van der Waals surface area contributed by atoms with Gasteiger partial charge in [0.15, 0.2) is 5.78 Å². The molecule has 1 unspecified atom stereocenters. The van der Waals surface area contributed by atoms with Gasteiger partial charge in [-0.2, -0.15) is 5.26 Å². The number of rotatable bonds is 2. The zero-order chi connectivity index (χ0) is 14.4. The first kappa shape index (κ1) is 11.9. The van der Waals surface area contributed by atoms with Crippen LogP contribution in [0.3, 0.4) is 0 Å². The van der Waals surface area contributed by atoms with Crippen LogP contribution in [0.2, 0.25) is 0 Å². The summed E-state index contributed by atoms with van der Waals surface area (Å²) in [5.41, 5.74) is 4.54. The number of nitrogens with zero attached hydrogens (tertiary/aromatic N) is 1. The summed E-state index contributed by atoms with van der Waals surface area (Å²) < 4.78 is 0. The zero-order valence-electron chi connectivity index (χ0n) is 11.3. The summed E-state index contributed by atoms with van der Waals surface area (Å²) >= 11 is 0. The van der Waals surface area contributed by atoms with Crippen molar-refractivity contribution in [2.45, 2.75) is 12.3 Å². The predicted molar refractivity (Wildman–Crippen MR) is 80.2 cm³/mol. The van der Waals surface area contributed by atoms with E-state index in [-0.39, 0.29) is 11.7 Å². The van der Waals surface area contributed by atoms with Gasteiger partial charge in [-0.1, -0.05) is 24.3 Å². The molecule has 100 valence electrons. The van der Waals surface area contributed by atoms with E-state index in [0.29, 0.717) is 11.1 Å². The summed E-state index contributed by atoms with van der Waals surface area (Å²) in [5.74, 6) is 0.0842. The van der Waals surface area contributed by atoms with Crippen molar-refractivity contribution in [3.05, 3.63) is 70.9 Å². The van der Waals surface area contributed by atoms with Crippen molar-refractivity contribution in [3.8, 4) is 6.07 Å². The number of aromatic nitrogens is 1. The number of hydrogen-bond donors (Lipinski definition) is 1. The van der Waals surface area contributed by atoms with E-state index in [1.807, 2.05) is 24.3 Å². The highest BCUT2D eigenvalue weighted by molar-refractivity contribution is 6.11. The van der Waals surface area contributed by atoms with Crippen LogP contribution in [0.5, 0.6) is 0 Å². The van der Waals surface area contributed by atoms with Crippen LogP contribution in [0, 0.1) is 11.3 Å². The van der Waals surface area contributed by atoms with Gasteiger partial charge in [0, 0.05) is 22.7 Å². The standard InChI is InChI=1S/C18H12N2O/c19-9-11-5-6-17-14(7-11)16(10-20-17)18(21)15-8-12-3-1-2-4-13(12)15/h1-7,10,15,20H,8H2. The molecule has 1 N–H and O–H groups in total. The molecule has 0 spiro atoms. The lowest BCUT2D eigenvalue weighted by Gasteiger charge is -2.28. The van der Waals surface area contributed by atoms with E-state index in [9.17, 15) is 4.79 Å². The molecule has 1 aliphatic carbocycles. The second-order valence-electron chi connectivity index (χ2n) is 5.39. The number of ketones is 1. The van der Waals surface area contributed by atoms with E-state index in [0.717, 1.165) is 22.9 Å². The fraction of sp³-hybridized carbons (Fsp3) is 0.111. The second-order valence-corrected chi connectivity index (χ2v) is 5.39. The van der Waals surface area contributed by atoms with Crippen molar-refractivity contribution >= 4 is 16.7 Å². The van der Waals surface area contributed by atoms with E-state index < -0.39 is 0 Å². The van der Waals surface area contributed by atoms with E-state index in [4.69, 9.17) is 5.26 Å². The molecule has 3 heteroatoms. The largest absolute Gasteiger partial charge is 0.360 e. The third-order valence-electron chi connectivity index (χ3n) is 4.25. The molecular weight excluding hydrogens is 260 g/mol. The summed E-state index contributed by atoms with van der Waals surface area (Å²) in [5, 5.41) is 9.85. The molecule has 0 saturated carbocycles. The van der Waals surface area contributed by atoms with Gasteiger partial charge < -0.3 is 4.98 Å². The third kappa shape index (κ3) is 1.70. The maximum absolute atomic E-state index is 12.8. The SMILES string of the molecule is N#Cc1ccc2[nH]cc(C(=O)C3Cc4ccccc43)c2c1. The van der Waals surface area contributed by atoms with Crippen molar-refractivity contribution < 1.29 is 4.79 Å². The van der Waals surface area contributed by atoms with Gasteiger partial charge in [0.25, 0.3) is 0 Å². The normalized spacial score (nSPS) is 16.0. The Bertz CT molecular complexity index is 914. The van der Waals surface area contributed by atoms with Crippen molar-refractivity contribution in [2.24, 2.45) is 0 Å². The first-order valence-corrected chi connectivity index (χ1v) is 6.91. The molecule has 1 heterocycles. The molecule has 1 atom stereocenters. The van der Waals surface area contributed by atoms with E-state index in [1.165, 1.54) is 5.56 Å². The molecule has 0 aliphatic heterocycles. The summed E-state index contributed by atoms with van der Waals surface area (Å²) in [4.78, 5) is 15.9. The molecule has 3 aromatic rings. The number of nitriles is 1. The van der Waals surface area contributed by atoms with Crippen LogP contribution >= 0.6 is 0 Å². The molecule has 4 rings (SSSR count). The van der Waals surface area contributed by atoms with Gasteiger partial charge in [-0.05, 0) is 35.7 Å². The molecule has 0 fully saturated rings. The predicted octanol–water partition coefficient (Wildman–Crippen LogP) is 3.56. The number of carbonyl (C=O) groups is 1. The number of Topliss-reactive ketones (excluding diaryl/α,β-unsaturated/α-hetero) is 1. The van der Waals surface area contributed by atoms with Gasteiger partial charge in [0.05, 0.1) is 17.6 Å². The van der Waals surface area contributed by atoms with Crippen LogP contribution in [0.1, 0.15) is 33.0 Å². The van der Waals surface area contributed by atoms with Gasteiger partial charge in [-0.3, -0.25) is 4.79 Å². The minimum Gasteiger partial charge on any atom is -0.360 e. The molecule has 0 amide bonds. The Labute approximate surface area is 121 Å². The maximum Gasteiger partial charge on any atom is 0.172 e. The average molecular weight is 272 g/mol. The number of fused-ring (bicyclic) bond motifs is 2. The monoisotopic (exact) mass is 272 g/mol. The van der Waals surface area contributed by atoms with Gasteiger partial charge >= 0.3 is 0 Å². The van der Waals surface area contributed by atoms with E-state index >= 15 is 0 Å². The number of H-pyrrole nitrogens is 1. The number of benzene rings is 2. The summed E-state index contributed by atoms with van der Waals surface area (Å²) in [6.45, 7) is 0. The highest BCUT2D eigenvalue weighted by atomic mass is 16.1. The molecule has 2 aromatic carbocycles. The topological polar surface area (TPSA) is 56.6 Å². The van der Waals surface area contributed by atoms with Crippen molar-refractivity contribution in [3.63, 3.8) is 0 Å². The Kier molecular flexibility index (Phi) is 2.45. The number of nitrogens with one attached hydrogen (secondary N) is 1. The first-order chi connectivity index (χ1) is 10.3. The Hall–Kier alpha value is -2.86. The Balaban J connectivity index is 1.78. The molecule has 0 radical (unpaired) electrons. The van der Waals surface area contributed by atoms with Crippen molar-refractivity contribution in [2.75, 3.05) is 0 Å². The highest BCUT2D eigenvalue weighted by Crippen LogP contribution is 2.38. The Morgan fingerprint density at radius 3 is 2.90 bits per heavy atom. The number of aromatic amines is 1. The van der Waals surface area contributed by atoms with E-state index in [1.54, 1.807) is 18.3 Å². The molecular formula is C18H12N2O. The Morgan fingerprint density at radius 2 is 2.10 bits per heavy atom. The van der Waals surface area contributed by atoms with Crippen LogP contribution in [0.25, 0.3) is 10.9 Å². The smallest absolute Gasteiger partial charge is 0.172 e. The lowest BCUT2D eigenvalue weighted by atomic mass is 9.74. The zero-order valence-corrected chi connectivity index (χ0v) is 11.3. The third-order valence-corrected chi connectivity index (χ3v) is 4.25. The molecule has 3 nitrogen and oxygen atoms in total.